The molecule has 28 heavy (non-hydrogen) atoms. The third kappa shape index (κ3) is 3.87. The van der Waals surface area contributed by atoms with Crippen molar-refractivity contribution in [2.24, 2.45) is 5.92 Å². The molecule has 4 rings (SSSR count). The number of nitrogens with one attached hydrogen (secondary N) is 2. The van der Waals surface area contributed by atoms with Gasteiger partial charge in [-0.2, -0.15) is 9.97 Å². The number of carbonyl (C=O) groups excluding carboxylic acids is 1. The van der Waals surface area contributed by atoms with Gasteiger partial charge in [0, 0.05) is 19.6 Å². The summed E-state index contributed by atoms with van der Waals surface area (Å²) in [6, 6.07) is 7.68. The van der Waals surface area contributed by atoms with Crippen LogP contribution in [-0.4, -0.2) is 46.0 Å². The van der Waals surface area contributed by atoms with Crippen LogP contribution in [0.25, 0.3) is 11.2 Å². The second kappa shape index (κ2) is 8.02. The molecule has 0 radical (unpaired) electrons. The maximum atomic E-state index is 12.7. The van der Waals surface area contributed by atoms with Crippen molar-refractivity contribution in [2.75, 3.05) is 25.1 Å². The van der Waals surface area contributed by atoms with E-state index in [0.717, 1.165) is 36.2 Å². The fourth-order valence-corrected chi connectivity index (χ4v) is 3.68. The first-order valence-corrected chi connectivity index (χ1v) is 9.54. The Balaban J connectivity index is 1.44. The molecule has 0 bridgehead atoms. The lowest BCUT2D eigenvalue weighted by Crippen LogP contribution is -2.43. The highest BCUT2D eigenvalue weighted by Crippen LogP contribution is 2.27. The summed E-state index contributed by atoms with van der Waals surface area (Å²) < 4.78 is 5.23. The van der Waals surface area contributed by atoms with Crippen molar-refractivity contribution in [3.8, 4) is 5.75 Å². The molecule has 0 unspecified atom stereocenters. The second-order valence-electron chi connectivity index (χ2n) is 6.77. The van der Waals surface area contributed by atoms with Crippen LogP contribution in [0.1, 0.15) is 18.4 Å². The summed E-state index contributed by atoms with van der Waals surface area (Å²) in [6.07, 6.45) is 3.31. The number of nitrogens with zero attached hydrogens (tertiary/aromatic N) is 4. The van der Waals surface area contributed by atoms with Crippen molar-refractivity contribution >= 4 is 34.5 Å². The Labute approximate surface area is 167 Å². The summed E-state index contributed by atoms with van der Waals surface area (Å²) in [5.41, 5.74) is 2.27. The zero-order chi connectivity index (χ0) is 19.5. The summed E-state index contributed by atoms with van der Waals surface area (Å²) in [4.78, 5) is 30.5. The van der Waals surface area contributed by atoms with Gasteiger partial charge in [-0.15, -0.1) is 0 Å². The first-order chi connectivity index (χ1) is 13.6. The summed E-state index contributed by atoms with van der Waals surface area (Å²) in [7, 11) is 1.63. The predicted molar refractivity (Wildman–Crippen MR) is 106 cm³/mol. The van der Waals surface area contributed by atoms with Crippen LogP contribution in [0.15, 0.2) is 30.6 Å². The van der Waals surface area contributed by atoms with Gasteiger partial charge >= 0.3 is 0 Å². The van der Waals surface area contributed by atoms with Crippen LogP contribution in [0.4, 0.5) is 5.82 Å². The van der Waals surface area contributed by atoms with E-state index < -0.39 is 0 Å². The summed E-state index contributed by atoms with van der Waals surface area (Å²) >= 11 is 6.05. The Morgan fingerprint density at radius 3 is 3.18 bits per heavy atom. The minimum absolute atomic E-state index is 0.0357. The van der Waals surface area contributed by atoms with Gasteiger partial charge in [-0.1, -0.05) is 12.1 Å². The molecule has 0 aliphatic carbocycles. The molecule has 1 atom stereocenters. The number of ether oxygens (including phenoxy) is 1. The predicted octanol–water partition coefficient (Wildman–Crippen LogP) is 2.55. The number of rotatable bonds is 5. The van der Waals surface area contributed by atoms with Crippen LogP contribution in [0, 0.1) is 5.92 Å². The van der Waals surface area contributed by atoms with Gasteiger partial charge in [0.15, 0.2) is 11.5 Å². The molecule has 146 valence electrons. The molecule has 2 N–H and O–H groups in total. The lowest BCUT2D eigenvalue weighted by atomic mass is 9.97. The van der Waals surface area contributed by atoms with Crippen LogP contribution in [0.5, 0.6) is 5.75 Å². The Morgan fingerprint density at radius 1 is 1.43 bits per heavy atom. The lowest BCUT2D eigenvalue weighted by molar-refractivity contribution is -0.125. The number of carbonyl (C=O) groups is 1. The zero-order valence-corrected chi connectivity index (χ0v) is 16.2. The average molecular weight is 401 g/mol. The van der Waals surface area contributed by atoms with Crippen molar-refractivity contribution in [3.63, 3.8) is 0 Å². The largest absolute Gasteiger partial charge is 0.497 e. The quantitative estimate of drug-likeness (QED) is 0.639. The highest BCUT2D eigenvalue weighted by atomic mass is 35.5. The lowest BCUT2D eigenvalue weighted by Gasteiger charge is -2.33. The number of hydrogen-bond acceptors (Lipinski definition) is 6. The molecule has 2 aromatic heterocycles. The number of imidazole rings is 1. The molecule has 1 aromatic carbocycles. The Bertz CT molecular complexity index is 991. The number of H-pyrrole nitrogens is 1. The third-order valence-corrected chi connectivity index (χ3v) is 5.10. The number of hydrogen-bond donors (Lipinski definition) is 2. The fraction of sp³-hybridized carbons (Fsp3) is 0.368. The number of aromatic amines is 1. The van der Waals surface area contributed by atoms with Gasteiger partial charge in [0.25, 0.3) is 0 Å². The maximum absolute atomic E-state index is 12.7. The van der Waals surface area contributed by atoms with E-state index in [1.807, 2.05) is 24.3 Å². The highest BCUT2D eigenvalue weighted by molar-refractivity contribution is 6.28. The van der Waals surface area contributed by atoms with Crippen molar-refractivity contribution in [3.05, 3.63) is 41.4 Å². The second-order valence-corrected chi connectivity index (χ2v) is 7.11. The normalized spacial score (nSPS) is 16.9. The molecule has 3 heterocycles. The summed E-state index contributed by atoms with van der Waals surface area (Å²) in [5.74, 6) is 1.39. The van der Waals surface area contributed by atoms with Crippen LogP contribution in [0.3, 0.4) is 0 Å². The molecule has 1 aliphatic heterocycles. The van der Waals surface area contributed by atoms with Crippen LogP contribution >= 0.6 is 11.6 Å². The molecule has 8 nitrogen and oxygen atoms in total. The third-order valence-electron chi connectivity index (χ3n) is 4.93. The van der Waals surface area contributed by atoms with Crippen LogP contribution < -0.4 is 15.0 Å². The van der Waals surface area contributed by atoms with E-state index in [1.165, 1.54) is 0 Å². The summed E-state index contributed by atoms with van der Waals surface area (Å²) in [6.45, 7) is 1.85. The number of aromatic nitrogens is 4. The number of amides is 1. The summed E-state index contributed by atoms with van der Waals surface area (Å²) in [5, 5.41) is 3.19. The minimum Gasteiger partial charge on any atom is -0.497 e. The molecule has 1 fully saturated rings. The number of halogens is 1. The average Bonchev–Trinajstić information content (AvgIpc) is 3.20. The van der Waals surface area contributed by atoms with E-state index in [2.05, 4.69) is 30.2 Å². The molecule has 9 heteroatoms. The van der Waals surface area contributed by atoms with Crippen molar-refractivity contribution in [1.29, 1.82) is 0 Å². The van der Waals surface area contributed by atoms with Gasteiger partial charge in [-0.25, -0.2) is 4.98 Å². The topological polar surface area (TPSA) is 96.0 Å². The molecular formula is C19H21ClN6O2. The molecule has 3 aromatic rings. The Morgan fingerprint density at radius 2 is 2.32 bits per heavy atom. The van der Waals surface area contributed by atoms with E-state index in [9.17, 15) is 4.79 Å². The van der Waals surface area contributed by atoms with E-state index in [0.29, 0.717) is 24.6 Å². The van der Waals surface area contributed by atoms with Gasteiger partial charge in [0.05, 0.1) is 19.4 Å². The van der Waals surface area contributed by atoms with Crippen molar-refractivity contribution in [2.45, 2.75) is 19.4 Å². The molecular weight excluding hydrogens is 380 g/mol. The van der Waals surface area contributed by atoms with Crippen LogP contribution in [0.2, 0.25) is 5.28 Å². The van der Waals surface area contributed by atoms with Crippen molar-refractivity contribution in [1.82, 2.24) is 25.3 Å². The molecule has 1 amide bonds. The smallest absolute Gasteiger partial charge is 0.226 e. The van der Waals surface area contributed by atoms with Gasteiger partial charge < -0.3 is 19.9 Å². The number of fused-ring (bicyclic) bond motifs is 1. The van der Waals surface area contributed by atoms with Gasteiger partial charge in [0.1, 0.15) is 11.3 Å². The fourth-order valence-electron chi connectivity index (χ4n) is 3.52. The van der Waals surface area contributed by atoms with Crippen molar-refractivity contribution < 1.29 is 9.53 Å². The van der Waals surface area contributed by atoms with Gasteiger partial charge in [-0.3, -0.25) is 4.79 Å². The first-order valence-electron chi connectivity index (χ1n) is 9.16. The zero-order valence-electron chi connectivity index (χ0n) is 15.5. The molecule has 0 spiro atoms. The van der Waals surface area contributed by atoms with E-state index in [-0.39, 0.29) is 17.1 Å². The molecule has 1 aliphatic rings. The van der Waals surface area contributed by atoms with Crippen LogP contribution in [-0.2, 0) is 11.3 Å². The SMILES string of the molecule is COc1cccc(CNC(=O)[C@@H]2CCCN(c3nc(Cl)nc4nc[nH]c34)C2)c1. The van der Waals surface area contributed by atoms with Gasteiger partial charge in [-0.05, 0) is 42.1 Å². The highest BCUT2D eigenvalue weighted by Gasteiger charge is 2.28. The molecule has 1 saturated heterocycles. The molecule has 0 saturated carbocycles. The maximum Gasteiger partial charge on any atom is 0.226 e. The standard InChI is InChI=1S/C19H21ClN6O2/c1-28-14-6-2-4-12(8-14)9-21-18(27)13-5-3-7-26(10-13)17-15-16(23-11-22-15)24-19(20)25-17/h2,4,6,8,11,13H,3,5,7,9-10H2,1H3,(H,21,27)(H,22,23,24,25)/t13-/m1/s1. The minimum atomic E-state index is -0.119. The monoisotopic (exact) mass is 400 g/mol. The first kappa shape index (κ1) is 18.5. The van der Waals surface area contributed by atoms with E-state index >= 15 is 0 Å². The Kier molecular flexibility index (Phi) is 5.29. The number of methoxy groups -OCH3 is 1. The Hall–Kier alpha value is -2.87. The number of anilines is 1. The van der Waals surface area contributed by atoms with Gasteiger partial charge in [0.2, 0.25) is 11.2 Å². The van der Waals surface area contributed by atoms with E-state index in [1.54, 1.807) is 13.4 Å². The van der Waals surface area contributed by atoms with E-state index in [4.69, 9.17) is 16.3 Å². The number of piperidine rings is 1. The number of benzene rings is 1.